The number of hydrogen-bond acceptors (Lipinski definition) is 2. The maximum atomic E-state index is 13.6. The maximum Gasteiger partial charge on any atom is 0.317 e. The number of carbonyl (C=O) groups excluding carboxylic acids is 1. The quantitative estimate of drug-likeness (QED) is 0.932. The van der Waals surface area contributed by atoms with Crippen molar-refractivity contribution < 1.29 is 18.3 Å². The molecule has 0 saturated carbocycles. The van der Waals surface area contributed by atoms with Crippen LogP contribution >= 0.6 is 0 Å². The minimum Gasteiger partial charge on any atom is -0.372 e. The number of nitrogens with zero attached hydrogens (tertiary/aromatic N) is 1. The van der Waals surface area contributed by atoms with Gasteiger partial charge in [0.25, 0.3) is 0 Å². The van der Waals surface area contributed by atoms with E-state index in [0.29, 0.717) is 13.1 Å². The van der Waals surface area contributed by atoms with E-state index in [0.717, 1.165) is 0 Å². The lowest BCUT2D eigenvalue weighted by molar-refractivity contribution is -0.0547. The lowest BCUT2D eigenvalue weighted by Gasteiger charge is -2.35. The van der Waals surface area contributed by atoms with Crippen molar-refractivity contribution in [3.63, 3.8) is 0 Å². The minimum absolute atomic E-state index is 0.000913. The van der Waals surface area contributed by atoms with Crippen LogP contribution in [0.25, 0.3) is 0 Å². The van der Waals surface area contributed by atoms with Crippen LogP contribution in [-0.4, -0.2) is 42.3 Å². The summed E-state index contributed by atoms with van der Waals surface area (Å²) in [5.74, 6) is -1.18. The summed E-state index contributed by atoms with van der Waals surface area (Å²) in [6, 6.07) is 3.17. The lowest BCUT2D eigenvalue weighted by atomic mass is 10.1. The van der Waals surface area contributed by atoms with Crippen LogP contribution < -0.4 is 5.32 Å². The molecular weight excluding hydrogens is 290 g/mol. The van der Waals surface area contributed by atoms with Crippen molar-refractivity contribution in [1.82, 2.24) is 10.2 Å². The van der Waals surface area contributed by atoms with Gasteiger partial charge in [-0.25, -0.2) is 13.6 Å². The highest BCUT2D eigenvalue weighted by Crippen LogP contribution is 2.15. The molecule has 1 aliphatic rings. The molecule has 22 heavy (non-hydrogen) atoms. The smallest absolute Gasteiger partial charge is 0.317 e. The molecule has 1 fully saturated rings. The molecule has 1 aliphatic heterocycles. The Morgan fingerprint density at radius 3 is 2.41 bits per heavy atom. The highest BCUT2D eigenvalue weighted by molar-refractivity contribution is 5.74. The third-order valence-electron chi connectivity index (χ3n) is 3.65. The number of morpholine rings is 1. The number of ether oxygens (including phenoxy) is 1. The molecule has 3 atom stereocenters. The van der Waals surface area contributed by atoms with Crippen molar-refractivity contribution in [2.45, 2.75) is 45.4 Å². The monoisotopic (exact) mass is 312 g/mol. The first-order chi connectivity index (χ1) is 10.4. The summed E-state index contributed by atoms with van der Waals surface area (Å²) in [7, 11) is 0. The topological polar surface area (TPSA) is 41.6 Å². The molecule has 1 aromatic carbocycles. The number of carbonyl (C=O) groups is 1. The van der Waals surface area contributed by atoms with Gasteiger partial charge in [-0.05, 0) is 39.3 Å². The number of halogens is 2. The summed E-state index contributed by atoms with van der Waals surface area (Å²) in [5, 5.41) is 2.79. The van der Waals surface area contributed by atoms with E-state index in [1.807, 2.05) is 13.8 Å². The Balaban J connectivity index is 1.94. The van der Waals surface area contributed by atoms with Crippen molar-refractivity contribution in [3.8, 4) is 0 Å². The van der Waals surface area contributed by atoms with Gasteiger partial charge in [0.05, 0.1) is 12.2 Å². The number of amides is 2. The van der Waals surface area contributed by atoms with E-state index in [1.165, 1.54) is 18.2 Å². The first-order valence-corrected chi connectivity index (χ1v) is 7.50. The Bertz CT molecular complexity index is 509. The van der Waals surface area contributed by atoms with Crippen LogP contribution in [0.2, 0.25) is 0 Å². The van der Waals surface area contributed by atoms with Crippen molar-refractivity contribution in [3.05, 3.63) is 35.4 Å². The molecule has 0 spiro atoms. The molecule has 1 saturated heterocycles. The summed E-state index contributed by atoms with van der Waals surface area (Å²) < 4.78 is 32.8. The largest absolute Gasteiger partial charge is 0.372 e. The van der Waals surface area contributed by atoms with E-state index in [9.17, 15) is 13.6 Å². The fourth-order valence-corrected chi connectivity index (χ4v) is 2.73. The molecule has 2 amide bonds. The van der Waals surface area contributed by atoms with Crippen LogP contribution in [0, 0.1) is 11.6 Å². The van der Waals surface area contributed by atoms with E-state index in [1.54, 1.807) is 11.8 Å². The van der Waals surface area contributed by atoms with Crippen LogP contribution in [0.1, 0.15) is 26.3 Å². The Labute approximate surface area is 129 Å². The molecule has 122 valence electrons. The van der Waals surface area contributed by atoms with Gasteiger partial charge in [-0.15, -0.1) is 0 Å². The summed E-state index contributed by atoms with van der Waals surface area (Å²) in [6.45, 7) is 6.58. The van der Waals surface area contributed by atoms with Gasteiger partial charge in [-0.2, -0.15) is 0 Å². The second-order valence-electron chi connectivity index (χ2n) is 5.92. The maximum absolute atomic E-state index is 13.6. The average Bonchev–Trinajstić information content (AvgIpc) is 2.42. The Morgan fingerprint density at radius 2 is 1.86 bits per heavy atom. The SMILES string of the molecule is C[C@H](Cc1c(F)cccc1F)NC(=O)N1C[C@@H](C)O[C@H](C)C1. The first kappa shape index (κ1) is 16.7. The summed E-state index contributed by atoms with van der Waals surface area (Å²) in [5.41, 5.74) is -0.000913. The van der Waals surface area contributed by atoms with Crippen molar-refractivity contribution in [2.75, 3.05) is 13.1 Å². The average molecular weight is 312 g/mol. The molecule has 0 radical (unpaired) electrons. The molecule has 0 bridgehead atoms. The minimum atomic E-state index is -0.588. The molecule has 4 nitrogen and oxygen atoms in total. The number of nitrogens with one attached hydrogen (secondary N) is 1. The zero-order chi connectivity index (χ0) is 16.3. The standard InChI is InChI=1S/C16H22F2N2O2/c1-10(7-13-14(17)5-4-6-15(13)18)19-16(21)20-8-11(2)22-12(3)9-20/h4-6,10-12H,7-9H2,1-3H3,(H,19,21)/t10-,11-,12-/m1/s1. The van der Waals surface area contributed by atoms with Gasteiger partial charge >= 0.3 is 6.03 Å². The van der Waals surface area contributed by atoms with E-state index in [-0.39, 0.29) is 36.3 Å². The second-order valence-corrected chi connectivity index (χ2v) is 5.92. The number of urea groups is 1. The molecule has 1 heterocycles. The van der Waals surface area contributed by atoms with Gasteiger partial charge < -0.3 is 15.0 Å². The predicted molar refractivity (Wildman–Crippen MR) is 79.6 cm³/mol. The van der Waals surface area contributed by atoms with Crippen LogP contribution in [0.5, 0.6) is 0 Å². The summed E-state index contributed by atoms with van der Waals surface area (Å²) in [6.07, 6.45) is 0.0716. The van der Waals surface area contributed by atoms with E-state index < -0.39 is 11.6 Å². The zero-order valence-electron chi connectivity index (χ0n) is 13.1. The van der Waals surface area contributed by atoms with E-state index in [4.69, 9.17) is 4.74 Å². The molecular formula is C16H22F2N2O2. The highest BCUT2D eigenvalue weighted by Gasteiger charge is 2.26. The van der Waals surface area contributed by atoms with Gasteiger partial charge in [-0.3, -0.25) is 0 Å². The van der Waals surface area contributed by atoms with Crippen molar-refractivity contribution in [2.24, 2.45) is 0 Å². The molecule has 1 N–H and O–H groups in total. The fourth-order valence-electron chi connectivity index (χ4n) is 2.73. The molecule has 0 aliphatic carbocycles. The van der Waals surface area contributed by atoms with E-state index >= 15 is 0 Å². The zero-order valence-corrected chi connectivity index (χ0v) is 13.1. The summed E-state index contributed by atoms with van der Waals surface area (Å²) in [4.78, 5) is 13.9. The van der Waals surface area contributed by atoms with Crippen LogP contribution in [0.3, 0.4) is 0 Å². The van der Waals surface area contributed by atoms with Crippen molar-refractivity contribution in [1.29, 1.82) is 0 Å². The van der Waals surface area contributed by atoms with Gasteiger partial charge in [0, 0.05) is 24.7 Å². The third kappa shape index (κ3) is 4.16. The van der Waals surface area contributed by atoms with Gasteiger partial charge in [0.1, 0.15) is 11.6 Å². The molecule has 2 rings (SSSR count). The third-order valence-corrected chi connectivity index (χ3v) is 3.65. The number of rotatable bonds is 3. The van der Waals surface area contributed by atoms with Gasteiger partial charge in [0.15, 0.2) is 0 Å². The Hall–Kier alpha value is -1.69. The van der Waals surface area contributed by atoms with Gasteiger partial charge in [0.2, 0.25) is 0 Å². The Morgan fingerprint density at radius 1 is 1.32 bits per heavy atom. The van der Waals surface area contributed by atoms with Crippen LogP contribution in [0.15, 0.2) is 18.2 Å². The molecule has 6 heteroatoms. The lowest BCUT2D eigenvalue weighted by Crippen LogP contribution is -2.53. The number of hydrogen-bond donors (Lipinski definition) is 1. The first-order valence-electron chi connectivity index (χ1n) is 7.50. The molecule has 0 aromatic heterocycles. The highest BCUT2D eigenvalue weighted by atomic mass is 19.1. The normalized spacial score (nSPS) is 23.2. The predicted octanol–water partition coefficient (Wildman–Crippen LogP) is 2.71. The van der Waals surface area contributed by atoms with E-state index in [2.05, 4.69) is 5.32 Å². The molecule has 1 aromatic rings. The van der Waals surface area contributed by atoms with Crippen molar-refractivity contribution >= 4 is 6.03 Å². The van der Waals surface area contributed by atoms with Crippen LogP contribution in [0.4, 0.5) is 13.6 Å². The summed E-state index contributed by atoms with van der Waals surface area (Å²) >= 11 is 0. The Kier molecular flexibility index (Phi) is 5.34. The van der Waals surface area contributed by atoms with Gasteiger partial charge in [-0.1, -0.05) is 6.07 Å². The second kappa shape index (κ2) is 7.05. The number of benzene rings is 1. The van der Waals surface area contributed by atoms with Crippen LogP contribution in [-0.2, 0) is 11.2 Å². The molecule has 0 unspecified atom stereocenters. The fraction of sp³-hybridized carbons (Fsp3) is 0.562.